The van der Waals surface area contributed by atoms with Gasteiger partial charge in [0.15, 0.2) is 0 Å². The number of aliphatic hydroxyl groups is 1. The first-order chi connectivity index (χ1) is 7.19. The van der Waals surface area contributed by atoms with Crippen LogP contribution in [0.3, 0.4) is 0 Å². The fourth-order valence-electron chi connectivity index (χ4n) is 1.39. The van der Waals surface area contributed by atoms with Crippen LogP contribution in [0.1, 0.15) is 11.6 Å². The highest BCUT2D eigenvalue weighted by molar-refractivity contribution is 5.47. The van der Waals surface area contributed by atoms with Gasteiger partial charge in [-0.2, -0.15) is 0 Å². The van der Waals surface area contributed by atoms with Crippen LogP contribution in [0.2, 0.25) is 0 Å². The number of hydrogen-bond donors (Lipinski definition) is 3. The van der Waals surface area contributed by atoms with Crippen molar-refractivity contribution in [1.82, 2.24) is 0 Å². The predicted octanol–water partition coefficient (Wildman–Crippen LogP) is 0.0736. The van der Waals surface area contributed by atoms with Crippen molar-refractivity contribution >= 4 is 5.69 Å². The molecule has 0 unspecified atom stereocenters. The number of hydrogen-bond acceptors (Lipinski definition) is 4. The SMILES string of the molecule is CN(CCO)c1ccc([C@H](N)CN)cc1. The maximum Gasteiger partial charge on any atom is 0.0606 e. The smallest absolute Gasteiger partial charge is 0.0606 e. The minimum atomic E-state index is -0.0952. The molecular formula is C11H19N3O. The number of nitrogens with zero attached hydrogens (tertiary/aromatic N) is 1. The van der Waals surface area contributed by atoms with Crippen molar-refractivity contribution in [1.29, 1.82) is 0 Å². The highest BCUT2D eigenvalue weighted by Crippen LogP contribution is 2.16. The first-order valence-electron chi connectivity index (χ1n) is 5.06. The van der Waals surface area contributed by atoms with Crippen molar-refractivity contribution in [2.45, 2.75) is 6.04 Å². The van der Waals surface area contributed by atoms with E-state index in [9.17, 15) is 0 Å². The molecule has 0 radical (unpaired) electrons. The quantitative estimate of drug-likeness (QED) is 0.641. The van der Waals surface area contributed by atoms with E-state index in [4.69, 9.17) is 16.6 Å². The van der Waals surface area contributed by atoms with E-state index >= 15 is 0 Å². The van der Waals surface area contributed by atoms with Gasteiger partial charge in [0.1, 0.15) is 0 Å². The van der Waals surface area contributed by atoms with Crippen LogP contribution < -0.4 is 16.4 Å². The second kappa shape index (κ2) is 5.70. The average Bonchev–Trinajstić information content (AvgIpc) is 2.28. The first kappa shape index (κ1) is 12.0. The fourth-order valence-corrected chi connectivity index (χ4v) is 1.39. The van der Waals surface area contributed by atoms with Crippen LogP contribution in [-0.4, -0.2) is 31.9 Å². The molecule has 0 saturated heterocycles. The molecule has 1 aromatic carbocycles. The molecule has 0 saturated carbocycles. The summed E-state index contributed by atoms with van der Waals surface area (Å²) < 4.78 is 0. The third kappa shape index (κ3) is 3.20. The molecule has 0 amide bonds. The van der Waals surface area contributed by atoms with Crippen molar-refractivity contribution in [3.8, 4) is 0 Å². The van der Waals surface area contributed by atoms with E-state index in [0.29, 0.717) is 13.1 Å². The maximum absolute atomic E-state index is 8.80. The zero-order chi connectivity index (χ0) is 11.3. The summed E-state index contributed by atoms with van der Waals surface area (Å²) in [7, 11) is 1.94. The second-order valence-electron chi connectivity index (χ2n) is 3.58. The third-order valence-electron chi connectivity index (χ3n) is 2.45. The normalized spacial score (nSPS) is 12.5. The Balaban J connectivity index is 2.71. The highest BCUT2D eigenvalue weighted by atomic mass is 16.3. The molecule has 0 aliphatic rings. The lowest BCUT2D eigenvalue weighted by Crippen LogP contribution is -2.22. The lowest BCUT2D eigenvalue weighted by atomic mass is 10.1. The minimum absolute atomic E-state index is 0.0952. The Morgan fingerprint density at radius 1 is 1.33 bits per heavy atom. The van der Waals surface area contributed by atoms with Crippen LogP contribution in [0.5, 0.6) is 0 Å². The van der Waals surface area contributed by atoms with Crippen LogP contribution in [0.25, 0.3) is 0 Å². The Kier molecular flexibility index (Phi) is 4.55. The number of likely N-dealkylation sites (N-methyl/N-ethyl adjacent to an activating group) is 1. The molecule has 0 aliphatic heterocycles. The molecule has 0 aromatic heterocycles. The van der Waals surface area contributed by atoms with Crippen molar-refractivity contribution in [2.24, 2.45) is 11.5 Å². The molecule has 4 heteroatoms. The Bertz CT molecular complexity index is 286. The van der Waals surface area contributed by atoms with E-state index < -0.39 is 0 Å². The predicted molar refractivity (Wildman–Crippen MR) is 62.8 cm³/mol. The molecule has 84 valence electrons. The van der Waals surface area contributed by atoms with E-state index in [1.807, 2.05) is 36.2 Å². The minimum Gasteiger partial charge on any atom is -0.395 e. The van der Waals surface area contributed by atoms with Gasteiger partial charge in [0.05, 0.1) is 6.61 Å². The van der Waals surface area contributed by atoms with Gasteiger partial charge < -0.3 is 21.5 Å². The fraction of sp³-hybridized carbons (Fsp3) is 0.455. The van der Waals surface area contributed by atoms with Crippen molar-refractivity contribution in [3.63, 3.8) is 0 Å². The summed E-state index contributed by atoms with van der Waals surface area (Å²) in [6.45, 7) is 1.23. The van der Waals surface area contributed by atoms with E-state index in [0.717, 1.165) is 11.3 Å². The van der Waals surface area contributed by atoms with Gasteiger partial charge in [0, 0.05) is 31.9 Å². The maximum atomic E-state index is 8.80. The van der Waals surface area contributed by atoms with Crippen molar-refractivity contribution in [3.05, 3.63) is 29.8 Å². The van der Waals surface area contributed by atoms with Crippen LogP contribution in [-0.2, 0) is 0 Å². The summed E-state index contributed by atoms with van der Waals surface area (Å²) in [5.74, 6) is 0. The van der Waals surface area contributed by atoms with Gasteiger partial charge in [-0.05, 0) is 17.7 Å². The molecule has 0 heterocycles. The van der Waals surface area contributed by atoms with Crippen molar-refractivity contribution < 1.29 is 5.11 Å². The number of aliphatic hydroxyl groups excluding tert-OH is 1. The lowest BCUT2D eigenvalue weighted by Gasteiger charge is -2.18. The first-order valence-corrected chi connectivity index (χ1v) is 5.06. The molecule has 0 spiro atoms. The van der Waals surface area contributed by atoms with Gasteiger partial charge in [-0.3, -0.25) is 0 Å². The van der Waals surface area contributed by atoms with Gasteiger partial charge in [-0.1, -0.05) is 12.1 Å². The van der Waals surface area contributed by atoms with E-state index in [1.54, 1.807) is 0 Å². The Morgan fingerprint density at radius 3 is 2.40 bits per heavy atom. The average molecular weight is 209 g/mol. The molecule has 4 nitrogen and oxygen atoms in total. The van der Waals surface area contributed by atoms with Gasteiger partial charge in [-0.25, -0.2) is 0 Å². The van der Waals surface area contributed by atoms with Crippen LogP contribution >= 0.6 is 0 Å². The number of rotatable bonds is 5. The van der Waals surface area contributed by atoms with Crippen LogP contribution in [0.4, 0.5) is 5.69 Å². The zero-order valence-electron chi connectivity index (χ0n) is 9.06. The molecule has 0 aliphatic carbocycles. The topological polar surface area (TPSA) is 75.5 Å². The molecule has 1 aromatic rings. The van der Waals surface area contributed by atoms with Crippen molar-refractivity contribution in [2.75, 3.05) is 31.6 Å². The molecular weight excluding hydrogens is 190 g/mol. The molecule has 1 atom stereocenters. The van der Waals surface area contributed by atoms with Gasteiger partial charge in [0.2, 0.25) is 0 Å². The Hall–Kier alpha value is -1.10. The monoisotopic (exact) mass is 209 g/mol. The summed E-state index contributed by atoms with van der Waals surface area (Å²) in [4.78, 5) is 1.98. The van der Waals surface area contributed by atoms with Gasteiger partial charge in [-0.15, -0.1) is 0 Å². The molecule has 0 bridgehead atoms. The van der Waals surface area contributed by atoms with E-state index in [1.165, 1.54) is 0 Å². The third-order valence-corrected chi connectivity index (χ3v) is 2.45. The Labute approximate surface area is 90.5 Å². The largest absolute Gasteiger partial charge is 0.395 e. The summed E-state index contributed by atoms with van der Waals surface area (Å²) in [6, 6.07) is 7.82. The molecule has 15 heavy (non-hydrogen) atoms. The number of benzene rings is 1. The van der Waals surface area contributed by atoms with E-state index in [-0.39, 0.29) is 12.6 Å². The summed E-state index contributed by atoms with van der Waals surface area (Å²) in [6.07, 6.45) is 0. The Morgan fingerprint density at radius 2 is 1.93 bits per heavy atom. The number of anilines is 1. The summed E-state index contributed by atoms with van der Waals surface area (Å²) >= 11 is 0. The summed E-state index contributed by atoms with van der Waals surface area (Å²) in [5.41, 5.74) is 13.4. The van der Waals surface area contributed by atoms with E-state index in [2.05, 4.69) is 0 Å². The van der Waals surface area contributed by atoms with Crippen LogP contribution in [0, 0.1) is 0 Å². The lowest BCUT2D eigenvalue weighted by molar-refractivity contribution is 0.304. The molecule has 0 fully saturated rings. The second-order valence-corrected chi connectivity index (χ2v) is 3.58. The molecule has 1 rings (SSSR count). The van der Waals surface area contributed by atoms with Crippen LogP contribution in [0.15, 0.2) is 24.3 Å². The van der Waals surface area contributed by atoms with Gasteiger partial charge >= 0.3 is 0 Å². The summed E-state index contributed by atoms with van der Waals surface area (Å²) in [5, 5.41) is 8.80. The molecule has 5 N–H and O–H groups in total. The standard InChI is InChI=1S/C11H19N3O/c1-14(6-7-15)10-4-2-9(3-5-10)11(13)8-12/h2-5,11,15H,6-8,12-13H2,1H3/t11-/m1/s1. The zero-order valence-corrected chi connectivity index (χ0v) is 9.06. The highest BCUT2D eigenvalue weighted by Gasteiger charge is 2.04. The van der Waals surface area contributed by atoms with Gasteiger partial charge in [0.25, 0.3) is 0 Å². The number of nitrogens with two attached hydrogens (primary N) is 2.